The van der Waals surface area contributed by atoms with Crippen LogP contribution in [-0.2, 0) is 4.79 Å². The van der Waals surface area contributed by atoms with Gasteiger partial charge >= 0.3 is 0 Å². The first-order chi connectivity index (χ1) is 7.75. The molecule has 0 saturated carbocycles. The maximum Gasteiger partial charge on any atom is 0.220 e. The Balaban J connectivity index is 1.72. The lowest BCUT2D eigenvalue weighted by Gasteiger charge is -2.33. The van der Waals surface area contributed by atoms with Gasteiger partial charge in [0.05, 0.1) is 0 Å². The van der Waals surface area contributed by atoms with Gasteiger partial charge in [0.1, 0.15) is 0 Å². The van der Waals surface area contributed by atoms with Crippen LogP contribution in [0.4, 0.5) is 0 Å². The molecule has 16 heavy (non-hydrogen) atoms. The summed E-state index contributed by atoms with van der Waals surface area (Å²) in [7, 11) is 0. The first-order valence-electron chi connectivity index (χ1n) is 6.42. The molecule has 3 nitrogen and oxygen atoms in total. The van der Waals surface area contributed by atoms with Gasteiger partial charge in [0, 0.05) is 12.5 Å². The standard InChI is InChI=1S/C13H22N2O/c14-13(16)12-6-8-15(9-7-12)10-11-4-2-1-3-5-11/h1-2,11-12H,3-10H2,(H2,14,16)/t11-/m1/s1. The summed E-state index contributed by atoms with van der Waals surface area (Å²) >= 11 is 0. The van der Waals surface area contributed by atoms with Gasteiger partial charge in [-0.05, 0) is 51.1 Å². The molecule has 0 unspecified atom stereocenters. The molecule has 2 rings (SSSR count). The van der Waals surface area contributed by atoms with Gasteiger partial charge in [-0.3, -0.25) is 4.79 Å². The molecular weight excluding hydrogens is 200 g/mol. The van der Waals surface area contributed by atoms with Crippen LogP contribution in [0.15, 0.2) is 12.2 Å². The smallest absolute Gasteiger partial charge is 0.220 e. The number of piperidine rings is 1. The van der Waals surface area contributed by atoms with Crippen molar-refractivity contribution in [2.45, 2.75) is 32.1 Å². The summed E-state index contributed by atoms with van der Waals surface area (Å²) in [6, 6.07) is 0. The van der Waals surface area contributed by atoms with Gasteiger partial charge < -0.3 is 10.6 Å². The number of primary amides is 1. The van der Waals surface area contributed by atoms with Crippen molar-refractivity contribution >= 4 is 5.91 Å². The normalized spacial score (nSPS) is 28.1. The fourth-order valence-electron chi connectivity index (χ4n) is 2.79. The molecule has 0 bridgehead atoms. The zero-order valence-electron chi connectivity index (χ0n) is 9.90. The van der Waals surface area contributed by atoms with Crippen LogP contribution in [0.2, 0.25) is 0 Å². The Labute approximate surface area is 97.7 Å². The van der Waals surface area contributed by atoms with Crippen LogP contribution >= 0.6 is 0 Å². The number of nitrogens with zero attached hydrogens (tertiary/aromatic N) is 1. The molecule has 0 radical (unpaired) electrons. The van der Waals surface area contributed by atoms with E-state index in [2.05, 4.69) is 17.1 Å². The van der Waals surface area contributed by atoms with E-state index < -0.39 is 0 Å². The van der Waals surface area contributed by atoms with Crippen molar-refractivity contribution in [3.63, 3.8) is 0 Å². The molecule has 0 aromatic rings. The van der Waals surface area contributed by atoms with Crippen molar-refractivity contribution in [3.8, 4) is 0 Å². The Hall–Kier alpha value is -0.830. The van der Waals surface area contributed by atoms with Crippen LogP contribution in [-0.4, -0.2) is 30.4 Å². The Bertz CT molecular complexity index is 267. The number of rotatable bonds is 3. The van der Waals surface area contributed by atoms with E-state index >= 15 is 0 Å². The molecule has 1 amide bonds. The summed E-state index contributed by atoms with van der Waals surface area (Å²) < 4.78 is 0. The number of hydrogen-bond acceptors (Lipinski definition) is 2. The van der Waals surface area contributed by atoms with E-state index in [-0.39, 0.29) is 11.8 Å². The van der Waals surface area contributed by atoms with Gasteiger partial charge in [-0.15, -0.1) is 0 Å². The highest BCUT2D eigenvalue weighted by Crippen LogP contribution is 2.22. The third-order valence-corrected chi connectivity index (χ3v) is 3.88. The van der Waals surface area contributed by atoms with Gasteiger partial charge in [0.15, 0.2) is 0 Å². The lowest BCUT2D eigenvalue weighted by atomic mass is 9.91. The Morgan fingerprint density at radius 2 is 2.00 bits per heavy atom. The Morgan fingerprint density at radius 3 is 2.56 bits per heavy atom. The van der Waals surface area contributed by atoms with Crippen LogP contribution in [0.1, 0.15) is 32.1 Å². The van der Waals surface area contributed by atoms with Crippen LogP contribution in [0.25, 0.3) is 0 Å². The molecule has 0 aromatic carbocycles. The lowest BCUT2D eigenvalue weighted by molar-refractivity contribution is -0.123. The Kier molecular flexibility index (Phi) is 3.99. The molecule has 0 spiro atoms. The van der Waals surface area contributed by atoms with Crippen LogP contribution in [0.5, 0.6) is 0 Å². The van der Waals surface area contributed by atoms with E-state index in [1.54, 1.807) is 0 Å². The average Bonchev–Trinajstić information content (AvgIpc) is 2.31. The SMILES string of the molecule is NC(=O)C1CCN(C[C@@H]2CC=CCC2)CC1. The van der Waals surface area contributed by atoms with Crippen LogP contribution in [0, 0.1) is 11.8 Å². The van der Waals surface area contributed by atoms with E-state index in [0.717, 1.165) is 31.8 Å². The minimum atomic E-state index is -0.111. The summed E-state index contributed by atoms with van der Waals surface area (Å²) in [5, 5.41) is 0. The summed E-state index contributed by atoms with van der Waals surface area (Å²) in [6.07, 6.45) is 10.3. The highest BCUT2D eigenvalue weighted by Gasteiger charge is 2.24. The fraction of sp³-hybridized carbons (Fsp3) is 0.769. The van der Waals surface area contributed by atoms with Gasteiger partial charge in [0.25, 0.3) is 0 Å². The topological polar surface area (TPSA) is 46.3 Å². The number of amides is 1. The number of hydrogen-bond donors (Lipinski definition) is 1. The average molecular weight is 222 g/mol. The van der Waals surface area contributed by atoms with Crippen molar-refractivity contribution in [1.82, 2.24) is 4.90 Å². The molecule has 90 valence electrons. The van der Waals surface area contributed by atoms with Crippen LogP contribution < -0.4 is 5.73 Å². The predicted octanol–water partition coefficient (Wildman–Crippen LogP) is 1.54. The molecule has 2 N–H and O–H groups in total. The Morgan fingerprint density at radius 1 is 1.25 bits per heavy atom. The van der Waals surface area contributed by atoms with Gasteiger partial charge in [-0.2, -0.15) is 0 Å². The molecule has 1 saturated heterocycles. The fourth-order valence-corrected chi connectivity index (χ4v) is 2.79. The molecule has 1 heterocycles. The van der Waals surface area contributed by atoms with Crippen molar-refractivity contribution in [2.24, 2.45) is 17.6 Å². The highest BCUT2D eigenvalue weighted by molar-refractivity contribution is 5.76. The molecule has 0 aromatic heterocycles. The van der Waals surface area contributed by atoms with E-state index in [4.69, 9.17) is 5.73 Å². The van der Waals surface area contributed by atoms with Crippen molar-refractivity contribution in [3.05, 3.63) is 12.2 Å². The molecule has 1 aliphatic heterocycles. The summed E-state index contributed by atoms with van der Waals surface area (Å²) in [5.41, 5.74) is 5.33. The van der Waals surface area contributed by atoms with Crippen molar-refractivity contribution in [1.29, 1.82) is 0 Å². The largest absolute Gasteiger partial charge is 0.369 e. The van der Waals surface area contributed by atoms with E-state index in [1.165, 1.54) is 25.8 Å². The van der Waals surface area contributed by atoms with Crippen LogP contribution in [0.3, 0.4) is 0 Å². The van der Waals surface area contributed by atoms with E-state index in [0.29, 0.717) is 0 Å². The van der Waals surface area contributed by atoms with E-state index in [1.807, 2.05) is 0 Å². The maximum atomic E-state index is 11.0. The zero-order chi connectivity index (χ0) is 11.4. The quantitative estimate of drug-likeness (QED) is 0.736. The first-order valence-corrected chi connectivity index (χ1v) is 6.42. The number of carbonyl (C=O) groups excluding carboxylic acids is 1. The van der Waals surface area contributed by atoms with Crippen molar-refractivity contribution in [2.75, 3.05) is 19.6 Å². The minimum absolute atomic E-state index is 0.111. The third kappa shape index (κ3) is 3.08. The van der Waals surface area contributed by atoms with Gasteiger partial charge in [-0.1, -0.05) is 12.2 Å². The second kappa shape index (κ2) is 5.48. The maximum absolute atomic E-state index is 11.0. The minimum Gasteiger partial charge on any atom is -0.369 e. The van der Waals surface area contributed by atoms with Gasteiger partial charge in [-0.25, -0.2) is 0 Å². The summed E-state index contributed by atoms with van der Waals surface area (Å²) in [5.74, 6) is 0.845. The second-order valence-corrected chi connectivity index (χ2v) is 5.13. The second-order valence-electron chi connectivity index (χ2n) is 5.13. The molecule has 2 aliphatic rings. The summed E-state index contributed by atoms with van der Waals surface area (Å²) in [4.78, 5) is 13.5. The molecule has 1 fully saturated rings. The number of likely N-dealkylation sites (tertiary alicyclic amines) is 1. The summed E-state index contributed by atoms with van der Waals surface area (Å²) in [6.45, 7) is 3.30. The molecular formula is C13H22N2O. The zero-order valence-corrected chi connectivity index (χ0v) is 9.90. The number of allylic oxidation sites excluding steroid dienone is 2. The van der Waals surface area contributed by atoms with E-state index in [9.17, 15) is 4.79 Å². The highest BCUT2D eigenvalue weighted by atomic mass is 16.1. The molecule has 1 aliphatic carbocycles. The third-order valence-electron chi connectivity index (χ3n) is 3.88. The predicted molar refractivity (Wildman–Crippen MR) is 64.8 cm³/mol. The molecule has 1 atom stereocenters. The number of carbonyl (C=O) groups is 1. The van der Waals surface area contributed by atoms with Crippen molar-refractivity contribution < 1.29 is 4.79 Å². The monoisotopic (exact) mass is 222 g/mol. The first kappa shape index (κ1) is 11.6. The lowest BCUT2D eigenvalue weighted by Crippen LogP contribution is -2.40. The molecule has 3 heteroatoms. The number of nitrogens with two attached hydrogens (primary N) is 1. The van der Waals surface area contributed by atoms with Gasteiger partial charge in [0.2, 0.25) is 5.91 Å².